The van der Waals surface area contributed by atoms with Gasteiger partial charge in [-0.25, -0.2) is 0 Å². The molecule has 1 amide bonds. The lowest BCUT2D eigenvalue weighted by Crippen LogP contribution is -2.22. The van der Waals surface area contributed by atoms with Crippen LogP contribution >= 0.6 is 0 Å². The van der Waals surface area contributed by atoms with Crippen molar-refractivity contribution in [1.29, 1.82) is 0 Å². The summed E-state index contributed by atoms with van der Waals surface area (Å²) in [5.41, 5.74) is 1.87. The van der Waals surface area contributed by atoms with Crippen molar-refractivity contribution in [3.8, 4) is 0 Å². The lowest BCUT2D eigenvalue weighted by molar-refractivity contribution is -0.120. The fourth-order valence-corrected chi connectivity index (χ4v) is 2.10. The molecule has 1 rings (SSSR count). The van der Waals surface area contributed by atoms with Gasteiger partial charge in [0.2, 0.25) is 5.91 Å². The Morgan fingerprint density at radius 1 is 1.17 bits per heavy atom. The number of anilines is 2. The third-order valence-electron chi connectivity index (χ3n) is 3.06. The maximum atomic E-state index is 12.2. The third-order valence-corrected chi connectivity index (χ3v) is 3.06. The highest BCUT2D eigenvalue weighted by Crippen LogP contribution is 2.19. The van der Waals surface area contributed by atoms with E-state index in [-0.39, 0.29) is 11.8 Å². The molecule has 0 radical (unpaired) electrons. The monoisotopic (exact) mass is 248 g/mol. The summed E-state index contributed by atoms with van der Waals surface area (Å²) in [7, 11) is 1.87. The fourth-order valence-electron chi connectivity index (χ4n) is 2.10. The number of hydrogen-bond acceptors (Lipinski definition) is 2. The zero-order valence-corrected chi connectivity index (χ0v) is 11.6. The molecule has 1 aromatic carbocycles. The van der Waals surface area contributed by atoms with E-state index in [1.54, 1.807) is 0 Å². The number of rotatable bonds is 7. The van der Waals surface area contributed by atoms with E-state index in [2.05, 4.69) is 24.5 Å². The molecule has 0 aliphatic rings. The zero-order chi connectivity index (χ0) is 13.4. The maximum Gasteiger partial charge on any atom is 0.227 e. The van der Waals surface area contributed by atoms with Gasteiger partial charge in [0.15, 0.2) is 0 Å². The van der Waals surface area contributed by atoms with Gasteiger partial charge in [-0.1, -0.05) is 32.8 Å². The van der Waals surface area contributed by atoms with Gasteiger partial charge in [0.25, 0.3) is 0 Å². The molecule has 0 heterocycles. The van der Waals surface area contributed by atoms with E-state index < -0.39 is 0 Å². The smallest absolute Gasteiger partial charge is 0.227 e. The van der Waals surface area contributed by atoms with Gasteiger partial charge in [-0.15, -0.1) is 0 Å². The van der Waals surface area contributed by atoms with Gasteiger partial charge >= 0.3 is 0 Å². The predicted molar refractivity (Wildman–Crippen MR) is 77.9 cm³/mol. The van der Waals surface area contributed by atoms with Crippen LogP contribution in [-0.2, 0) is 4.79 Å². The van der Waals surface area contributed by atoms with Crippen LogP contribution < -0.4 is 10.6 Å². The van der Waals surface area contributed by atoms with Crippen LogP contribution in [0, 0.1) is 5.92 Å². The average molecular weight is 248 g/mol. The molecule has 100 valence electrons. The number of carbonyl (C=O) groups excluding carboxylic acids is 1. The van der Waals surface area contributed by atoms with Crippen LogP contribution in [-0.4, -0.2) is 13.0 Å². The van der Waals surface area contributed by atoms with E-state index in [9.17, 15) is 4.79 Å². The number of amides is 1. The second-order valence-corrected chi connectivity index (χ2v) is 4.59. The molecule has 3 heteroatoms. The summed E-state index contributed by atoms with van der Waals surface area (Å²) in [6.07, 6.45) is 4.03. The average Bonchev–Trinajstić information content (AvgIpc) is 2.38. The van der Waals surface area contributed by atoms with Crippen LogP contribution in [0.15, 0.2) is 24.3 Å². The van der Waals surface area contributed by atoms with Crippen LogP contribution in [0.2, 0.25) is 0 Å². The first-order valence-electron chi connectivity index (χ1n) is 6.79. The molecule has 0 aliphatic heterocycles. The first-order valence-corrected chi connectivity index (χ1v) is 6.79. The van der Waals surface area contributed by atoms with Crippen molar-refractivity contribution in [2.75, 3.05) is 17.7 Å². The van der Waals surface area contributed by atoms with Crippen molar-refractivity contribution in [2.24, 2.45) is 5.92 Å². The molecule has 0 bridgehead atoms. The molecule has 0 spiro atoms. The summed E-state index contributed by atoms with van der Waals surface area (Å²) >= 11 is 0. The highest BCUT2D eigenvalue weighted by Gasteiger charge is 2.16. The zero-order valence-electron chi connectivity index (χ0n) is 11.6. The lowest BCUT2D eigenvalue weighted by atomic mass is 9.97. The molecule has 3 nitrogen and oxygen atoms in total. The molecular weight excluding hydrogens is 224 g/mol. The van der Waals surface area contributed by atoms with Crippen molar-refractivity contribution >= 4 is 17.3 Å². The topological polar surface area (TPSA) is 41.1 Å². The Kier molecular flexibility index (Phi) is 6.26. The molecule has 2 N–H and O–H groups in total. The Hall–Kier alpha value is -1.51. The quantitative estimate of drug-likeness (QED) is 0.768. The van der Waals surface area contributed by atoms with E-state index in [0.29, 0.717) is 0 Å². The minimum absolute atomic E-state index is 0.137. The van der Waals surface area contributed by atoms with E-state index in [1.165, 1.54) is 0 Å². The molecule has 0 fully saturated rings. The molecule has 0 saturated carbocycles. The van der Waals surface area contributed by atoms with Gasteiger partial charge in [-0.3, -0.25) is 4.79 Å². The standard InChI is InChI=1S/C15H24N2O/c1-4-7-12(8-5-2)15(18)17-14-10-6-9-13(11-14)16-3/h6,9-12,16H,4-5,7-8H2,1-3H3,(H,17,18). The summed E-state index contributed by atoms with van der Waals surface area (Å²) < 4.78 is 0. The number of carbonyl (C=O) groups is 1. The summed E-state index contributed by atoms with van der Waals surface area (Å²) in [6, 6.07) is 7.79. The normalized spacial score (nSPS) is 10.4. The second kappa shape index (κ2) is 7.75. The Balaban J connectivity index is 2.66. The number of hydrogen-bond donors (Lipinski definition) is 2. The van der Waals surface area contributed by atoms with Crippen molar-refractivity contribution in [3.63, 3.8) is 0 Å². The van der Waals surface area contributed by atoms with Crippen LogP contribution in [0.1, 0.15) is 39.5 Å². The summed E-state index contributed by atoms with van der Waals surface area (Å²) in [4.78, 5) is 12.2. The lowest BCUT2D eigenvalue weighted by Gasteiger charge is -2.15. The van der Waals surface area contributed by atoms with Crippen LogP contribution in [0.3, 0.4) is 0 Å². The van der Waals surface area contributed by atoms with E-state index in [0.717, 1.165) is 37.1 Å². The van der Waals surface area contributed by atoms with E-state index in [1.807, 2.05) is 31.3 Å². The Bertz CT molecular complexity index is 371. The second-order valence-electron chi connectivity index (χ2n) is 4.59. The maximum absolute atomic E-state index is 12.2. The van der Waals surface area contributed by atoms with Crippen LogP contribution in [0.4, 0.5) is 11.4 Å². The van der Waals surface area contributed by atoms with Gasteiger partial charge < -0.3 is 10.6 Å². The molecule has 0 saturated heterocycles. The molecule has 0 unspecified atom stereocenters. The minimum atomic E-state index is 0.137. The van der Waals surface area contributed by atoms with Crippen molar-refractivity contribution in [2.45, 2.75) is 39.5 Å². The fraction of sp³-hybridized carbons (Fsp3) is 0.533. The predicted octanol–water partition coefficient (Wildman–Crippen LogP) is 3.88. The van der Waals surface area contributed by atoms with Crippen LogP contribution in [0.25, 0.3) is 0 Å². The molecular formula is C15H24N2O. The van der Waals surface area contributed by atoms with Gasteiger partial charge in [-0.05, 0) is 31.0 Å². The highest BCUT2D eigenvalue weighted by atomic mass is 16.1. The van der Waals surface area contributed by atoms with Gasteiger partial charge in [0.1, 0.15) is 0 Å². The Morgan fingerprint density at radius 3 is 2.33 bits per heavy atom. The first kappa shape index (κ1) is 14.6. The van der Waals surface area contributed by atoms with Crippen LogP contribution in [0.5, 0.6) is 0 Å². The number of benzene rings is 1. The minimum Gasteiger partial charge on any atom is -0.388 e. The van der Waals surface area contributed by atoms with Crippen molar-refractivity contribution in [3.05, 3.63) is 24.3 Å². The summed E-state index contributed by atoms with van der Waals surface area (Å²) in [6.45, 7) is 4.25. The Labute approximate surface area is 110 Å². The molecule has 18 heavy (non-hydrogen) atoms. The van der Waals surface area contributed by atoms with Crippen molar-refractivity contribution < 1.29 is 4.79 Å². The van der Waals surface area contributed by atoms with Gasteiger partial charge in [-0.2, -0.15) is 0 Å². The summed E-state index contributed by atoms with van der Waals surface area (Å²) in [5, 5.41) is 6.08. The molecule has 0 atom stereocenters. The highest BCUT2D eigenvalue weighted by molar-refractivity contribution is 5.92. The van der Waals surface area contributed by atoms with Gasteiger partial charge in [0, 0.05) is 24.3 Å². The molecule has 0 aromatic heterocycles. The van der Waals surface area contributed by atoms with E-state index >= 15 is 0 Å². The van der Waals surface area contributed by atoms with Gasteiger partial charge in [0.05, 0.1) is 0 Å². The third kappa shape index (κ3) is 4.40. The largest absolute Gasteiger partial charge is 0.388 e. The molecule has 0 aliphatic carbocycles. The Morgan fingerprint density at radius 2 is 1.78 bits per heavy atom. The summed E-state index contributed by atoms with van der Waals surface area (Å²) in [5.74, 6) is 0.283. The van der Waals surface area contributed by atoms with Crippen molar-refractivity contribution in [1.82, 2.24) is 0 Å². The number of nitrogens with one attached hydrogen (secondary N) is 2. The van der Waals surface area contributed by atoms with E-state index in [4.69, 9.17) is 0 Å². The SMILES string of the molecule is CCCC(CCC)C(=O)Nc1cccc(NC)c1. The first-order chi connectivity index (χ1) is 8.71. The molecule has 1 aromatic rings.